The second kappa shape index (κ2) is 5.49. The molecule has 2 nitrogen and oxygen atoms in total. The molecule has 3 rings (SSSR count). The predicted molar refractivity (Wildman–Crippen MR) is 94.4 cm³/mol. The van der Waals surface area contributed by atoms with Crippen molar-refractivity contribution >= 4 is 28.7 Å². The molecule has 0 radical (unpaired) electrons. The Hall–Kier alpha value is -1.87. The van der Waals surface area contributed by atoms with Crippen molar-refractivity contribution in [2.24, 2.45) is 0 Å². The van der Waals surface area contributed by atoms with Gasteiger partial charge in [-0.1, -0.05) is 35.9 Å². The largest absolute Gasteiger partial charge is 0.332 e. The Labute approximate surface area is 131 Å². The summed E-state index contributed by atoms with van der Waals surface area (Å²) in [7, 11) is 0. The lowest BCUT2D eigenvalue weighted by atomic mass is 10.1. The van der Waals surface area contributed by atoms with Crippen LogP contribution in [0, 0.1) is 20.8 Å². The maximum absolute atomic E-state index is 5.64. The van der Waals surface area contributed by atoms with Crippen molar-refractivity contribution in [3.05, 3.63) is 58.7 Å². The molecule has 3 heteroatoms. The minimum Gasteiger partial charge on any atom is -0.332 e. The zero-order valence-corrected chi connectivity index (χ0v) is 13.6. The van der Waals surface area contributed by atoms with E-state index in [1.807, 2.05) is 0 Å². The number of para-hydroxylation sites is 1. The van der Waals surface area contributed by atoms with Gasteiger partial charge in [-0.15, -0.1) is 0 Å². The minimum absolute atomic E-state index is 0.787. The van der Waals surface area contributed by atoms with E-state index in [1.165, 1.54) is 27.9 Å². The third-order valence-corrected chi connectivity index (χ3v) is 4.36. The Balaban J connectivity index is 1.86. The molecular formula is C18H20N2S. The molecule has 0 saturated heterocycles. The van der Waals surface area contributed by atoms with E-state index in [4.69, 9.17) is 12.2 Å². The number of nitrogens with one attached hydrogen (secondary N) is 1. The van der Waals surface area contributed by atoms with Crippen LogP contribution in [0.4, 0.5) is 11.4 Å². The van der Waals surface area contributed by atoms with Gasteiger partial charge in [-0.05, 0) is 62.2 Å². The number of thiocarbonyl (C=S) groups is 1. The molecule has 0 aromatic heterocycles. The van der Waals surface area contributed by atoms with Crippen molar-refractivity contribution in [2.45, 2.75) is 27.2 Å². The molecular weight excluding hydrogens is 276 g/mol. The fourth-order valence-electron chi connectivity index (χ4n) is 3.10. The van der Waals surface area contributed by atoms with Gasteiger partial charge < -0.3 is 10.2 Å². The first-order valence-electron chi connectivity index (χ1n) is 7.30. The van der Waals surface area contributed by atoms with Gasteiger partial charge in [-0.25, -0.2) is 0 Å². The average molecular weight is 296 g/mol. The van der Waals surface area contributed by atoms with Crippen LogP contribution in [0.5, 0.6) is 0 Å². The molecule has 0 amide bonds. The van der Waals surface area contributed by atoms with Gasteiger partial charge in [-0.3, -0.25) is 0 Å². The maximum atomic E-state index is 5.64. The molecule has 0 saturated carbocycles. The van der Waals surface area contributed by atoms with Gasteiger partial charge in [0.2, 0.25) is 0 Å². The first-order valence-corrected chi connectivity index (χ1v) is 7.71. The van der Waals surface area contributed by atoms with Crippen LogP contribution < -0.4 is 10.2 Å². The lowest BCUT2D eigenvalue weighted by Crippen LogP contribution is -2.33. The third-order valence-electron chi connectivity index (χ3n) is 4.04. The molecule has 2 aromatic rings. The molecule has 1 aliphatic rings. The number of aryl methyl sites for hydroxylation is 3. The van der Waals surface area contributed by atoms with Crippen LogP contribution in [0.1, 0.15) is 22.3 Å². The number of fused-ring (bicyclic) bond motifs is 1. The summed E-state index contributed by atoms with van der Waals surface area (Å²) in [6.45, 7) is 7.33. The molecule has 21 heavy (non-hydrogen) atoms. The first kappa shape index (κ1) is 14.1. The van der Waals surface area contributed by atoms with Crippen molar-refractivity contribution in [3.63, 3.8) is 0 Å². The van der Waals surface area contributed by atoms with Gasteiger partial charge in [0.05, 0.1) is 0 Å². The number of hydrogen-bond donors (Lipinski definition) is 1. The summed E-state index contributed by atoms with van der Waals surface area (Å²) in [6.07, 6.45) is 1.06. The minimum atomic E-state index is 0.787. The molecule has 108 valence electrons. The number of hydrogen-bond acceptors (Lipinski definition) is 1. The normalized spacial score (nSPS) is 13.2. The molecule has 0 fully saturated rings. The summed E-state index contributed by atoms with van der Waals surface area (Å²) in [5.74, 6) is 0. The summed E-state index contributed by atoms with van der Waals surface area (Å²) >= 11 is 5.64. The van der Waals surface area contributed by atoms with Crippen LogP contribution in [0.3, 0.4) is 0 Å². The summed E-state index contributed by atoms with van der Waals surface area (Å²) in [5.41, 5.74) is 7.50. The second-order valence-electron chi connectivity index (χ2n) is 5.73. The Morgan fingerprint density at radius 1 is 1.10 bits per heavy atom. The van der Waals surface area contributed by atoms with Gasteiger partial charge in [-0.2, -0.15) is 0 Å². The number of benzene rings is 2. The molecule has 0 unspecified atom stereocenters. The van der Waals surface area contributed by atoms with Crippen molar-refractivity contribution in [1.82, 2.24) is 0 Å². The SMILES string of the molecule is Cc1cc(C)c(NC(=S)N2CCc3ccccc32)c(C)c1. The highest BCUT2D eigenvalue weighted by molar-refractivity contribution is 7.80. The monoisotopic (exact) mass is 296 g/mol. The van der Waals surface area contributed by atoms with E-state index in [1.54, 1.807) is 0 Å². The highest BCUT2D eigenvalue weighted by Crippen LogP contribution is 2.29. The third kappa shape index (κ3) is 2.66. The smallest absolute Gasteiger partial charge is 0.177 e. The molecule has 1 aliphatic heterocycles. The summed E-state index contributed by atoms with van der Waals surface area (Å²) in [5, 5.41) is 4.23. The van der Waals surface area contributed by atoms with Crippen LogP contribution in [0.15, 0.2) is 36.4 Å². The fourth-order valence-corrected chi connectivity index (χ4v) is 3.39. The summed E-state index contributed by atoms with van der Waals surface area (Å²) < 4.78 is 0. The summed E-state index contributed by atoms with van der Waals surface area (Å²) in [4.78, 5) is 2.20. The Bertz CT molecular complexity index is 683. The van der Waals surface area contributed by atoms with E-state index < -0.39 is 0 Å². The van der Waals surface area contributed by atoms with Crippen molar-refractivity contribution in [1.29, 1.82) is 0 Å². The topological polar surface area (TPSA) is 15.3 Å². The van der Waals surface area contributed by atoms with E-state index >= 15 is 0 Å². The van der Waals surface area contributed by atoms with Crippen molar-refractivity contribution in [2.75, 3.05) is 16.8 Å². The fraction of sp³-hybridized carbons (Fsp3) is 0.278. The highest BCUT2D eigenvalue weighted by Gasteiger charge is 2.22. The summed E-state index contributed by atoms with van der Waals surface area (Å²) in [6, 6.07) is 12.9. The van der Waals surface area contributed by atoms with E-state index in [9.17, 15) is 0 Å². The standard InChI is InChI=1S/C18H20N2S/c1-12-10-13(2)17(14(3)11-12)19-18(21)20-9-8-15-6-4-5-7-16(15)20/h4-7,10-11H,8-9H2,1-3H3,(H,19,21). The van der Waals surface area contributed by atoms with Crippen molar-refractivity contribution in [3.8, 4) is 0 Å². The van der Waals surface area contributed by atoms with E-state index in [-0.39, 0.29) is 0 Å². The van der Waals surface area contributed by atoms with Gasteiger partial charge >= 0.3 is 0 Å². The molecule has 2 aromatic carbocycles. The second-order valence-corrected chi connectivity index (χ2v) is 6.12. The molecule has 1 N–H and O–H groups in total. The predicted octanol–water partition coefficient (Wildman–Crippen LogP) is 4.37. The Morgan fingerprint density at radius 3 is 2.48 bits per heavy atom. The van der Waals surface area contributed by atoms with E-state index in [2.05, 4.69) is 67.4 Å². The quantitative estimate of drug-likeness (QED) is 0.787. The molecule has 0 spiro atoms. The number of nitrogens with zero attached hydrogens (tertiary/aromatic N) is 1. The molecule has 0 bridgehead atoms. The number of rotatable bonds is 1. The zero-order valence-electron chi connectivity index (χ0n) is 12.7. The Morgan fingerprint density at radius 2 is 1.76 bits per heavy atom. The van der Waals surface area contributed by atoms with Crippen LogP contribution in [0.25, 0.3) is 0 Å². The Kier molecular flexibility index (Phi) is 3.68. The van der Waals surface area contributed by atoms with Gasteiger partial charge in [0.1, 0.15) is 0 Å². The lowest BCUT2D eigenvalue weighted by molar-refractivity contribution is 1.03. The average Bonchev–Trinajstić information content (AvgIpc) is 2.86. The molecule has 1 heterocycles. The highest BCUT2D eigenvalue weighted by atomic mass is 32.1. The maximum Gasteiger partial charge on any atom is 0.177 e. The van der Waals surface area contributed by atoms with Crippen LogP contribution in [-0.2, 0) is 6.42 Å². The number of anilines is 2. The van der Waals surface area contributed by atoms with Gasteiger partial charge in [0, 0.05) is 17.9 Å². The van der Waals surface area contributed by atoms with Crippen LogP contribution in [0.2, 0.25) is 0 Å². The van der Waals surface area contributed by atoms with Crippen molar-refractivity contribution < 1.29 is 0 Å². The zero-order chi connectivity index (χ0) is 15.0. The van der Waals surface area contributed by atoms with E-state index in [0.29, 0.717) is 0 Å². The van der Waals surface area contributed by atoms with Gasteiger partial charge in [0.15, 0.2) is 5.11 Å². The van der Waals surface area contributed by atoms with E-state index in [0.717, 1.165) is 23.8 Å². The first-order chi connectivity index (χ1) is 10.1. The van der Waals surface area contributed by atoms with Crippen LogP contribution in [-0.4, -0.2) is 11.7 Å². The molecule has 0 atom stereocenters. The molecule has 0 aliphatic carbocycles. The van der Waals surface area contributed by atoms with Gasteiger partial charge in [0.25, 0.3) is 0 Å². The van der Waals surface area contributed by atoms with Crippen LogP contribution >= 0.6 is 12.2 Å². The lowest BCUT2D eigenvalue weighted by Gasteiger charge is -2.23.